The summed E-state index contributed by atoms with van der Waals surface area (Å²) in [6.45, 7) is 6.38. The van der Waals surface area contributed by atoms with E-state index in [1.54, 1.807) is 0 Å². The van der Waals surface area contributed by atoms with Crippen molar-refractivity contribution < 1.29 is 9.53 Å². The Morgan fingerprint density at radius 2 is 2.21 bits per heavy atom. The molecule has 5 nitrogen and oxygen atoms in total. The molecule has 2 fully saturated rings. The summed E-state index contributed by atoms with van der Waals surface area (Å²) in [5.41, 5.74) is 1.40. The summed E-state index contributed by atoms with van der Waals surface area (Å²) in [6.07, 6.45) is 2.80. The van der Waals surface area contributed by atoms with Gasteiger partial charge in [-0.1, -0.05) is 30.3 Å². The summed E-state index contributed by atoms with van der Waals surface area (Å²) in [6, 6.07) is 10.8. The SMILES string of the molecule is O=C(CC1COCCN1)NCC1CCN(CCc2ccccc2)C1. The lowest BCUT2D eigenvalue weighted by molar-refractivity contribution is -0.122. The maximum absolute atomic E-state index is 12.0. The standard InChI is InChI=1S/C19H29N3O2/c23-19(12-18-15-24-11-8-20-18)21-13-17-7-10-22(14-17)9-6-16-4-2-1-3-5-16/h1-5,17-18,20H,6-15H2,(H,21,23). The second-order valence-electron chi connectivity index (χ2n) is 6.93. The van der Waals surface area contributed by atoms with E-state index >= 15 is 0 Å². The fourth-order valence-electron chi connectivity index (χ4n) is 3.52. The van der Waals surface area contributed by atoms with Crippen LogP contribution in [0.2, 0.25) is 0 Å². The summed E-state index contributed by atoms with van der Waals surface area (Å²) < 4.78 is 5.39. The van der Waals surface area contributed by atoms with E-state index in [4.69, 9.17) is 4.74 Å². The minimum Gasteiger partial charge on any atom is -0.378 e. The van der Waals surface area contributed by atoms with Crippen molar-refractivity contribution in [2.75, 3.05) is 45.9 Å². The van der Waals surface area contributed by atoms with Crippen molar-refractivity contribution >= 4 is 5.91 Å². The van der Waals surface area contributed by atoms with Crippen molar-refractivity contribution in [2.24, 2.45) is 5.92 Å². The Hall–Kier alpha value is -1.43. The van der Waals surface area contributed by atoms with E-state index in [1.807, 2.05) is 0 Å². The van der Waals surface area contributed by atoms with Crippen molar-refractivity contribution in [3.05, 3.63) is 35.9 Å². The molecule has 2 N–H and O–H groups in total. The Balaban J connectivity index is 1.30. The van der Waals surface area contributed by atoms with Gasteiger partial charge in [-0.25, -0.2) is 0 Å². The number of hydrogen-bond donors (Lipinski definition) is 2. The third kappa shape index (κ3) is 5.58. The van der Waals surface area contributed by atoms with Crippen LogP contribution in [0.1, 0.15) is 18.4 Å². The number of hydrogen-bond acceptors (Lipinski definition) is 4. The molecule has 0 aromatic heterocycles. The second kappa shape index (κ2) is 9.16. The van der Waals surface area contributed by atoms with Gasteiger partial charge in [-0.05, 0) is 30.9 Å². The zero-order valence-electron chi connectivity index (χ0n) is 14.4. The monoisotopic (exact) mass is 331 g/mol. The number of nitrogens with one attached hydrogen (secondary N) is 2. The van der Waals surface area contributed by atoms with E-state index in [9.17, 15) is 4.79 Å². The molecule has 5 heteroatoms. The Morgan fingerprint density at radius 1 is 1.33 bits per heavy atom. The summed E-state index contributed by atoms with van der Waals surface area (Å²) in [4.78, 5) is 14.6. The van der Waals surface area contributed by atoms with Crippen LogP contribution < -0.4 is 10.6 Å². The average molecular weight is 331 g/mol. The van der Waals surface area contributed by atoms with Crippen molar-refractivity contribution in [3.8, 4) is 0 Å². The highest BCUT2D eigenvalue weighted by Gasteiger charge is 2.23. The lowest BCUT2D eigenvalue weighted by Gasteiger charge is -2.23. The van der Waals surface area contributed by atoms with Crippen LogP contribution in [0.5, 0.6) is 0 Å². The lowest BCUT2D eigenvalue weighted by Crippen LogP contribution is -2.44. The van der Waals surface area contributed by atoms with Crippen LogP contribution in [-0.4, -0.2) is 62.8 Å². The van der Waals surface area contributed by atoms with E-state index in [1.165, 1.54) is 12.0 Å². The second-order valence-corrected chi connectivity index (χ2v) is 6.93. The molecule has 2 saturated heterocycles. The van der Waals surface area contributed by atoms with Gasteiger partial charge in [0.15, 0.2) is 0 Å². The number of benzene rings is 1. The zero-order valence-corrected chi connectivity index (χ0v) is 14.4. The van der Waals surface area contributed by atoms with Gasteiger partial charge in [0, 0.05) is 38.6 Å². The highest BCUT2D eigenvalue weighted by molar-refractivity contribution is 5.76. The van der Waals surface area contributed by atoms with Crippen LogP contribution in [0.4, 0.5) is 0 Å². The molecule has 2 atom stereocenters. The number of likely N-dealkylation sites (tertiary alicyclic amines) is 1. The first-order valence-corrected chi connectivity index (χ1v) is 9.13. The predicted octanol–water partition coefficient (Wildman–Crippen LogP) is 1.05. The topological polar surface area (TPSA) is 53.6 Å². The van der Waals surface area contributed by atoms with Gasteiger partial charge in [-0.3, -0.25) is 4.79 Å². The Kier molecular flexibility index (Phi) is 6.64. The maximum atomic E-state index is 12.0. The van der Waals surface area contributed by atoms with Gasteiger partial charge < -0.3 is 20.3 Å². The van der Waals surface area contributed by atoms with Crippen LogP contribution in [0.25, 0.3) is 0 Å². The number of rotatable bonds is 7. The fraction of sp³-hybridized carbons (Fsp3) is 0.632. The summed E-state index contributed by atoms with van der Waals surface area (Å²) >= 11 is 0. The van der Waals surface area contributed by atoms with E-state index in [0.29, 0.717) is 18.9 Å². The summed E-state index contributed by atoms with van der Waals surface area (Å²) in [5.74, 6) is 0.723. The quantitative estimate of drug-likeness (QED) is 0.784. The molecule has 1 amide bonds. The molecule has 1 aromatic rings. The van der Waals surface area contributed by atoms with Gasteiger partial charge in [-0.2, -0.15) is 0 Å². The zero-order chi connectivity index (χ0) is 16.6. The molecule has 0 radical (unpaired) electrons. The fourth-order valence-corrected chi connectivity index (χ4v) is 3.52. The molecule has 2 aliphatic rings. The molecule has 0 spiro atoms. The van der Waals surface area contributed by atoms with Crippen LogP contribution in [-0.2, 0) is 16.0 Å². The summed E-state index contributed by atoms with van der Waals surface area (Å²) in [5, 5.41) is 6.43. The third-order valence-corrected chi connectivity index (χ3v) is 4.95. The largest absolute Gasteiger partial charge is 0.378 e. The molecule has 0 saturated carbocycles. The lowest BCUT2D eigenvalue weighted by atomic mass is 10.1. The maximum Gasteiger partial charge on any atom is 0.221 e. The van der Waals surface area contributed by atoms with Gasteiger partial charge in [-0.15, -0.1) is 0 Å². The molecule has 24 heavy (non-hydrogen) atoms. The normalized spacial score (nSPS) is 24.8. The average Bonchev–Trinajstić information content (AvgIpc) is 3.08. The number of nitrogens with zero attached hydrogens (tertiary/aromatic N) is 1. The summed E-state index contributed by atoms with van der Waals surface area (Å²) in [7, 11) is 0. The molecule has 0 bridgehead atoms. The third-order valence-electron chi connectivity index (χ3n) is 4.95. The minimum absolute atomic E-state index is 0.140. The molecular formula is C19H29N3O2. The van der Waals surface area contributed by atoms with Crippen molar-refractivity contribution in [3.63, 3.8) is 0 Å². The highest BCUT2D eigenvalue weighted by atomic mass is 16.5. The number of carbonyl (C=O) groups is 1. The molecule has 2 heterocycles. The number of ether oxygens (including phenoxy) is 1. The molecule has 1 aromatic carbocycles. The van der Waals surface area contributed by atoms with E-state index in [-0.39, 0.29) is 11.9 Å². The van der Waals surface area contributed by atoms with Gasteiger partial charge in [0.1, 0.15) is 0 Å². The predicted molar refractivity (Wildman–Crippen MR) is 94.9 cm³/mol. The van der Waals surface area contributed by atoms with Crippen LogP contribution in [0, 0.1) is 5.92 Å². The van der Waals surface area contributed by atoms with Gasteiger partial charge in [0.25, 0.3) is 0 Å². The molecule has 2 unspecified atom stereocenters. The first kappa shape index (κ1) is 17.4. The van der Waals surface area contributed by atoms with Crippen molar-refractivity contribution in [1.29, 1.82) is 0 Å². The highest BCUT2D eigenvalue weighted by Crippen LogP contribution is 2.16. The number of amides is 1. The van der Waals surface area contributed by atoms with E-state index in [2.05, 4.69) is 45.9 Å². The van der Waals surface area contributed by atoms with Gasteiger partial charge in [0.2, 0.25) is 5.91 Å². The van der Waals surface area contributed by atoms with Crippen LogP contribution in [0.3, 0.4) is 0 Å². The Bertz CT molecular complexity index is 503. The van der Waals surface area contributed by atoms with Gasteiger partial charge >= 0.3 is 0 Å². The number of carbonyl (C=O) groups excluding carboxylic acids is 1. The molecule has 0 aliphatic carbocycles. The molecule has 132 valence electrons. The van der Waals surface area contributed by atoms with Crippen LogP contribution >= 0.6 is 0 Å². The molecule has 3 rings (SSSR count). The van der Waals surface area contributed by atoms with E-state index < -0.39 is 0 Å². The van der Waals surface area contributed by atoms with Crippen LogP contribution in [0.15, 0.2) is 30.3 Å². The van der Waals surface area contributed by atoms with Gasteiger partial charge in [0.05, 0.1) is 13.2 Å². The minimum atomic E-state index is 0.140. The Morgan fingerprint density at radius 3 is 3.00 bits per heavy atom. The molecule has 2 aliphatic heterocycles. The van der Waals surface area contributed by atoms with E-state index in [0.717, 1.165) is 45.8 Å². The van der Waals surface area contributed by atoms with Crippen molar-refractivity contribution in [1.82, 2.24) is 15.5 Å². The smallest absolute Gasteiger partial charge is 0.221 e. The Labute approximate surface area is 144 Å². The first-order chi connectivity index (χ1) is 11.8. The number of morpholine rings is 1. The van der Waals surface area contributed by atoms with Crippen molar-refractivity contribution in [2.45, 2.75) is 25.3 Å². The molecular weight excluding hydrogens is 302 g/mol. The first-order valence-electron chi connectivity index (χ1n) is 9.13.